The van der Waals surface area contributed by atoms with E-state index in [-0.39, 0.29) is 11.3 Å². The SMILES string of the molecule is O=C(CC1(CS)CC1)Nc1ccc2ncccc2c1. The molecule has 0 bridgehead atoms. The molecular formula is C15H16N2OS. The van der Waals surface area contributed by atoms with Gasteiger partial charge in [-0.15, -0.1) is 0 Å². The first kappa shape index (κ1) is 12.5. The molecule has 0 radical (unpaired) electrons. The number of benzene rings is 1. The molecule has 19 heavy (non-hydrogen) atoms. The fraction of sp³-hybridized carbons (Fsp3) is 0.333. The highest BCUT2D eigenvalue weighted by Crippen LogP contribution is 2.49. The van der Waals surface area contributed by atoms with E-state index < -0.39 is 0 Å². The first-order valence-corrected chi connectivity index (χ1v) is 7.10. The number of rotatable bonds is 4. The molecule has 3 rings (SSSR count). The number of pyridine rings is 1. The van der Waals surface area contributed by atoms with Crippen LogP contribution < -0.4 is 5.32 Å². The van der Waals surface area contributed by atoms with Crippen LogP contribution in [0.1, 0.15) is 19.3 Å². The summed E-state index contributed by atoms with van der Waals surface area (Å²) < 4.78 is 0. The molecule has 1 aliphatic carbocycles. The number of hydrogen-bond donors (Lipinski definition) is 2. The second-order valence-electron chi connectivity index (χ2n) is 5.29. The minimum absolute atomic E-state index is 0.0785. The van der Waals surface area contributed by atoms with Gasteiger partial charge in [0.1, 0.15) is 0 Å². The molecule has 1 fully saturated rings. The summed E-state index contributed by atoms with van der Waals surface area (Å²) in [6, 6.07) is 9.67. The van der Waals surface area contributed by atoms with Gasteiger partial charge in [-0.3, -0.25) is 9.78 Å². The molecule has 1 heterocycles. The molecule has 98 valence electrons. The molecule has 2 aromatic rings. The molecule has 0 atom stereocenters. The molecule has 1 aliphatic rings. The Kier molecular flexibility index (Phi) is 3.19. The van der Waals surface area contributed by atoms with E-state index in [1.165, 1.54) is 0 Å². The van der Waals surface area contributed by atoms with Gasteiger partial charge in [0.05, 0.1) is 5.52 Å². The lowest BCUT2D eigenvalue weighted by atomic mass is 10.1. The average molecular weight is 272 g/mol. The minimum atomic E-state index is 0.0785. The third kappa shape index (κ3) is 2.73. The topological polar surface area (TPSA) is 42.0 Å². The molecule has 1 amide bonds. The first-order valence-electron chi connectivity index (χ1n) is 6.46. The van der Waals surface area contributed by atoms with Crippen LogP contribution in [0.4, 0.5) is 5.69 Å². The molecule has 0 aliphatic heterocycles. The lowest BCUT2D eigenvalue weighted by Gasteiger charge is -2.12. The molecule has 4 heteroatoms. The van der Waals surface area contributed by atoms with Gasteiger partial charge < -0.3 is 5.32 Å². The van der Waals surface area contributed by atoms with Crippen molar-refractivity contribution < 1.29 is 4.79 Å². The number of carbonyl (C=O) groups excluding carboxylic acids is 1. The van der Waals surface area contributed by atoms with E-state index in [2.05, 4.69) is 22.9 Å². The summed E-state index contributed by atoms with van der Waals surface area (Å²) in [5, 5.41) is 4.00. The van der Waals surface area contributed by atoms with Crippen molar-refractivity contribution in [2.75, 3.05) is 11.1 Å². The summed E-state index contributed by atoms with van der Waals surface area (Å²) in [5.74, 6) is 0.872. The van der Waals surface area contributed by atoms with Crippen molar-refractivity contribution >= 4 is 35.1 Å². The van der Waals surface area contributed by atoms with Gasteiger partial charge >= 0.3 is 0 Å². The van der Waals surface area contributed by atoms with Crippen LogP contribution in [0.25, 0.3) is 10.9 Å². The van der Waals surface area contributed by atoms with Gasteiger partial charge in [-0.05, 0) is 48.3 Å². The maximum absolute atomic E-state index is 12.0. The molecule has 1 N–H and O–H groups in total. The summed E-state index contributed by atoms with van der Waals surface area (Å²) in [7, 11) is 0. The Morgan fingerprint density at radius 2 is 2.21 bits per heavy atom. The Morgan fingerprint density at radius 3 is 2.95 bits per heavy atom. The summed E-state index contributed by atoms with van der Waals surface area (Å²) in [5.41, 5.74) is 1.93. The monoisotopic (exact) mass is 272 g/mol. The molecule has 1 aromatic heterocycles. The first-order chi connectivity index (χ1) is 9.21. The van der Waals surface area contributed by atoms with Crippen LogP contribution in [0.15, 0.2) is 36.5 Å². The van der Waals surface area contributed by atoms with Crippen LogP contribution in [-0.4, -0.2) is 16.6 Å². The number of nitrogens with zero attached hydrogens (tertiary/aromatic N) is 1. The summed E-state index contributed by atoms with van der Waals surface area (Å²) in [6.07, 6.45) is 4.57. The Hall–Kier alpha value is -1.55. The van der Waals surface area contributed by atoms with Crippen LogP contribution in [0.5, 0.6) is 0 Å². The zero-order chi connectivity index (χ0) is 13.3. The highest BCUT2D eigenvalue weighted by atomic mass is 32.1. The van der Waals surface area contributed by atoms with Gasteiger partial charge in [-0.25, -0.2) is 0 Å². The van der Waals surface area contributed by atoms with Gasteiger partial charge in [-0.1, -0.05) is 6.07 Å². The van der Waals surface area contributed by atoms with E-state index in [0.717, 1.165) is 35.2 Å². The van der Waals surface area contributed by atoms with Gasteiger partial charge in [0.25, 0.3) is 0 Å². The quantitative estimate of drug-likeness (QED) is 0.839. The van der Waals surface area contributed by atoms with E-state index in [0.29, 0.717) is 6.42 Å². The molecule has 0 unspecified atom stereocenters. The zero-order valence-corrected chi connectivity index (χ0v) is 11.5. The standard InChI is InChI=1S/C15H16N2OS/c18-14(9-15(10-19)5-6-15)17-12-3-4-13-11(8-12)2-1-7-16-13/h1-4,7-8,19H,5-6,9-10H2,(H,17,18). The van der Waals surface area contributed by atoms with Gasteiger partial charge in [-0.2, -0.15) is 12.6 Å². The van der Waals surface area contributed by atoms with E-state index >= 15 is 0 Å². The molecule has 0 saturated heterocycles. The van der Waals surface area contributed by atoms with Crippen LogP contribution in [0.3, 0.4) is 0 Å². The Bertz CT molecular complexity index is 622. The van der Waals surface area contributed by atoms with Crippen molar-refractivity contribution in [3.05, 3.63) is 36.5 Å². The van der Waals surface area contributed by atoms with Crippen LogP contribution >= 0.6 is 12.6 Å². The molecule has 1 saturated carbocycles. The Labute approximate surface area is 117 Å². The number of thiol groups is 1. The van der Waals surface area contributed by atoms with E-state index in [1.807, 2.05) is 30.3 Å². The number of carbonyl (C=O) groups is 1. The second-order valence-corrected chi connectivity index (χ2v) is 5.61. The zero-order valence-electron chi connectivity index (χ0n) is 10.6. The lowest BCUT2D eigenvalue weighted by Crippen LogP contribution is -2.18. The average Bonchev–Trinajstić information content (AvgIpc) is 3.19. The highest BCUT2D eigenvalue weighted by molar-refractivity contribution is 7.80. The summed E-state index contributed by atoms with van der Waals surface area (Å²) in [4.78, 5) is 16.3. The lowest BCUT2D eigenvalue weighted by molar-refractivity contribution is -0.117. The largest absolute Gasteiger partial charge is 0.326 e. The molecule has 0 spiro atoms. The molecular weight excluding hydrogens is 256 g/mol. The number of hydrogen-bond acceptors (Lipinski definition) is 3. The van der Waals surface area contributed by atoms with E-state index in [1.54, 1.807) is 6.20 Å². The highest BCUT2D eigenvalue weighted by Gasteiger charge is 2.42. The number of aromatic nitrogens is 1. The van der Waals surface area contributed by atoms with Gasteiger partial charge in [0.2, 0.25) is 5.91 Å². The van der Waals surface area contributed by atoms with Gasteiger partial charge in [0.15, 0.2) is 0 Å². The van der Waals surface area contributed by atoms with Crippen LogP contribution in [0, 0.1) is 5.41 Å². The third-order valence-electron chi connectivity index (χ3n) is 3.71. The molecule has 3 nitrogen and oxygen atoms in total. The Morgan fingerprint density at radius 1 is 1.37 bits per heavy atom. The van der Waals surface area contributed by atoms with Crippen molar-refractivity contribution in [2.24, 2.45) is 5.41 Å². The second kappa shape index (κ2) is 4.85. The van der Waals surface area contributed by atoms with Gasteiger partial charge in [0, 0.05) is 23.7 Å². The normalized spacial score (nSPS) is 16.3. The Balaban J connectivity index is 1.72. The maximum Gasteiger partial charge on any atom is 0.224 e. The van der Waals surface area contributed by atoms with Crippen molar-refractivity contribution in [3.8, 4) is 0 Å². The van der Waals surface area contributed by atoms with Crippen molar-refractivity contribution in [3.63, 3.8) is 0 Å². The van der Waals surface area contributed by atoms with E-state index in [9.17, 15) is 4.79 Å². The predicted octanol–water partition coefficient (Wildman–Crippen LogP) is 3.27. The van der Waals surface area contributed by atoms with Crippen molar-refractivity contribution in [1.29, 1.82) is 0 Å². The number of amides is 1. The number of nitrogens with one attached hydrogen (secondary N) is 1. The smallest absolute Gasteiger partial charge is 0.224 e. The minimum Gasteiger partial charge on any atom is -0.326 e. The van der Waals surface area contributed by atoms with E-state index in [4.69, 9.17) is 0 Å². The fourth-order valence-electron chi connectivity index (χ4n) is 2.27. The van der Waals surface area contributed by atoms with Crippen molar-refractivity contribution in [2.45, 2.75) is 19.3 Å². The summed E-state index contributed by atoms with van der Waals surface area (Å²) in [6.45, 7) is 0. The molecule has 1 aromatic carbocycles. The number of anilines is 1. The van der Waals surface area contributed by atoms with Crippen LogP contribution in [0.2, 0.25) is 0 Å². The number of fused-ring (bicyclic) bond motifs is 1. The van der Waals surface area contributed by atoms with Crippen LogP contribution in [-0.2, 0) is 4.79 Å². The summed E-state index contributed by atoms with van der Waals surface area (Å²) >= 11 is 4.32. The fourth-order valence-corrected chi connectivity index (χ4v) is 2.69. The third-order valence-corrected chi connectivity index (χ3v) is 4.39. The van der Waals surface area contributed by atoms with Crippen molar-refractivity contribution in [1.82, 2.24) is 4.98 Å². The predicted molar refractivity (Wildman–Crippen MR) is 80.5 cm³/mol. The maximum atomic E-state index is 12.0.